The summed E-state index contributed by atoms with van der Waals surface area (Å²) in [6, 6.07) is 3.09. The first-order valence-electron chi connectivity index (χ1n) is 5.94. The van der Waals surface area contributed by atoms with Crippen LogP contribution in [-0.4, -0.2) is 20.2 Å². The normalized spacial score (nSPS) is 12.4. The van der Waals surface area contributed by atoms with E-state index in [0.717, 1.165) is 22.4 Å². The third kappa shape index (κ3) is 2.82. The van der Waals surface area contributed by atoms with E-state index in [-0.39, 0.29) is 0 Å². The molecule has 0 radical (unpaired) electrons. The van der Waals surface area contributed by atoms with Crippen molar-refractivity contribution in [3.05, 3.63) is 28.8 Å². The van der Waals surface area contributed by atoms with E-state index >= 15 is 0 Å². The molecule has 0 spiro atoms. The molecule has 100 valence electrons. The van der Waals surface area contributed by atoms with E-state index in [9.17, 15) is 4.79 Å². The van der Waals surface area contributed by atoms with Gasteiger partial charge in [0.15, 0.2) is 0 Å². The maximum Gasteiger partial charge on any atom is 0.327 e. The van der Waals surface area contributed by atoms with Crippen LogP contribution in [0, 0.1) is 6.92 Å². The van der Waals surface area contributed by atoms with Gasteiger partial charge in [-0.3, -0.25) is 4.79 Å². The van der Waals surface area contributed by atoms with Crippen LogP contribution in [0.2, 0.25) is 0 Å². The predicted octanol–water partition coefficient (Wildman–Crippen LogP) is 2.30. The summed E-state index contributed by atoms with van der Waals surface area (Å²) in [5.74, 6) is 0.686. The van der Waals surface area contributed by atoms with Gasteiger partial charge in [0.1, 0.15) is 11.8 Å². The number of rotatable bonds is 4. The molecule has 0 bridgehead atoms. The molecule has 1 aromatic rings. The highest BCUT2D eigenvalue weighted by Crippen LogP contribution is 2.31. The van der Waals surface area contributed by atoms with Gasteiger partial charge in [0.05, 0.1) is 14.2 Å². The number of carbonyl (C=O) groups is 1. The van der Waals surface area contributed by atoms with Crippen LogP contribution < -0.4 is 10.5 Å². The van der Waals surface area contributed by atoms with Gasteiger partial charge in [-0.1, -0.05) is 13.8 Å². The Morgan fingerprint density at radius 2 is 1.83 bits per heavy atom. The highest BCUT2D eigenvalue weighted by molar-refractivity contribution is 5.78. The van der Waals surface area contributed by atoms with Crippen molar-refractivity contribution in [2.45, 2.75) is 32.7 Å². The quantitative estimate of drug-likeness (QED) is 0.834. The van der Waals surface area contributed by atoms with E-state index < -0.39 is 12.0 Å². The summed E-state index contributed by atoms with van der Waals surface area (Å²) in [6.07, 6.45) is 0. The Morgan fingerprint density at radius 3 is 2.28 bits per heavy atom. The Labute approximate surface area is 108 Å². The summed E-state index contributed by atoms with van der Waals surface area (Å²) in [6.45, 7) is 6.05. The predicted molar refractivity (Wildman–Crippen MR) is 70.8 cm³/mol. The minimum absolute atomic E-state index is 0.296. The molecule has 0 heterocycles. The molecule has 1 rings (SSSR count). The SMILES string of the molecule is COC(=O)C(N)c1cc(C(C)C)c(OC)cc1C. The van der Waals surface area contributed by atoms with Gasteiger partial charge in [-0.05, 0) is 41.7 Å². The number of ether oxygens (including phenoxy) is 2. The topological polar surface area (TPSA) is 61.5 Å². The van der Waals surface area contributed by atoms with Crippen molar-refractivity contribution in [1.82, 2.24) is 0 Å². The Balaban J connectivity index is 3.29. The number of esters is 1. The average molecular weight is 251 g/mol. The second-order valence-corrected chi connectivity index (χ2v) is 4.61. The monoisotopic (exact) mass is 251 g/mol. The van der Waals surface area contributed by atoms with Crippen LogP contribution in [0.3, 0.4) is 0 Å². The average Bonchev–Trinajstić information content (AvgIpc) is 2.36. The maximum absolute atomic E-state index is 11.5. The first-order valence-corrected chi connectivity index (χ1v) is 5.94. The molecule has 4 heteroatoms. The summed E-state index contributed by atoms with van der Waals surface area (Å²) in [7, 11) is 2.98. The molecule has 2 N–H and O–H groups in total. The minimum Gasteiger partial charge on any atom is -0.496 e. The fraction of sp³-hybridized carbons (Fsp3) is 0.500. The summed E-state index contributed by atoms with van der Waals surface area (Å²) in [5.41, 5.74) is 8.64. The van der Waals surface area contributed by atoms with Crippen molar-refractivity contribution in [1.29, 1.82) is 0 Å². The molecule has 0 fully saturated rings. The zero-order valence-electron chi connectivity index (χ0n) is 11.6. The molecular formula is C14H21NO3. The van der Waals surface area contributed by atoms with Crippen LogP contribution in [0.25, 0.3) is 0 Å². The smallest absolute Gasteiger partial charge is 0.327 e. The minimum atomic E-state index is -0.751. The zero-order chi connectivity index (χ0) is 13.9. The highest BCUT2D eigenvalue weighted by atomic mass is 16.5. The molecule has 0 saturated carbocycles. The third-order valence-electron chi connectivity index (χ3n) is 3.03. The lowest BCUT2D eigenvalue weighted by atomic mass is 9.93. The van der Waals surface area contributed by atoms with Crippen LogP contribution in [-0.2, 0) is 9.53 Å². The second kappa shape index (κ2) is 5.87. The van der Waals surface area contributed by atoms with E-state index in [4.69, 9.17) is 10.5 Å². The van der Waals surface area contributed by atoms with Crippen molar-refractivity contribution in [2.75, 3.05) is 14.2 Å². The van der Waals surface area contributed by atoms with Gasteiger partial charge >= 0.3 is 5.97 Å². The summed E-state index contributed by atoms with van der Waals surface area (Å²) in [5, 5.41) is 0. The standard InChI is InChI=1S/C14H21NO3/c1-8(2)10-7-11(13(15)14(16)18-5)9(3)6-12(10)17-4/h6-8,13H,15H2,1-5H3. The molecule has 0 aliphatic heterocycles. The van der Waals surface area contributed by atoms with Crippen molar-refractivity contribution in [3.63, 3.8) is 0 Å². The number of benzene rings is 1. The number of carbonyl (C=O) groups excluding carboxylic acids is 1. The van der Waals surface area contributed by atoms with Gasteiger partial charge in [-0.2, -0.15) is 0 Å². The van der Waals surface area contributed by atoms with Gasteiger partial charge in [-0.25, -0.2) is 0 Å². The molecular weight excluding hydrogens is 230 g/mol. The lowest BCUT2D eigenvalue weighted by Gasteiger charge is -2.18. The van der Waals surface area contributed by atoms with Crippen LogP contribution in [0.15, 0.2) is 12.1 Å². The summed E-state index contributed by atoms with van der Waals surface area (Å²) < 4.78 is 10.0. The van der Waals surface area contributed by atoms with Crippen molar-refractivity contribution >= 4 is 5.97 Å². The van der Waals surface area contributed by atoms with Gasteiger partial charge in [0.25, 0.3) is 0 Å². The molecule has 4 nitrogen and oxygen atoms in total. The van der Waals surface area contributed by atoms with Crippen molar-refractivity contribution < 1.29 is 14.3 Å². The van der Waals surface area contributed by atoms with Gasteiger partial charge < -0.3 is 15.2 Å². The van der Waals surface area contributed by atoms with Crippen LogP contribution in [0.1, 0.15) is 42.5 Å². The largest absolute Gasteiger partial charge is 0.496 e. The number of nitrogens with two attached hydrogens (primary N) is 1. The maximum atomic E-state index is 11.5. The molecule has 0 saturated heterocycles. The lowest BCUT2D eigenvalue weighted by Crippen LogP contribution is -2.23. The number of hydrogen-bond acceptors (Lipinski definition) is 4. The molecule has 0 aromatic heterocycles. The second-order valence-electron chi connectivity index (χ2n) is 4.61. The van der Waals surface area contributed by atoms with E-state index in [0.29, 0.717) is 5.92 Å². The highest BCUT2D eigenvalue weighted by Gasteiger charge is 2.21. The van der Waals surface area contributed by atoms with E-state index in [1.54, 1.807) is 7.11 Å². The van der Waals surface area contributed by atoms with Gasteiger partial charge in [0.2, 0.25) is 0 Å². The van der Waals surface area contributed by atoms with E-state index in [1.807, 2.05) is 19.1 Å². The number of hydrogen-bond donors (Lipinski definition) is 1. The molecule has 1 atom stereocenters. The fourth-order valence-electron chi connectivity index (χ4n) is 1.93. The van der Waals surface area contributed by atoms with Crippen molar-refractivity contribution in [2.24, 2.45) is 5.73 Å². The number of aryl methyl sites for hydroxylation is 1. The molecule has 18 heavy (non-hydrogen) atoms. The van der Waals surface area contributed by atoms with Crippen molar-refractivity contribution in [3.8, 4) is 5.75 Å². The molecule has 0 amide bonds. The van der Waals surface area contributed by atoms with Gasteiger partial charge in [0, 0.05) is 0 Å². The Hall–Kier alpha value is -1.55. The Morgan fingerprint density at radius 1 is 1.22 bits per heavy atom. The van der Waals surface area contributed by atoms with Gasteiger partial charge in [-0.15, -0.1) is 0 Å². The summed E-state index contributed by atoms with van der Waals surface area (Å²) in [4.78, 5) is 11.5. The number of methoxy groups -OCH3 is 2. The first-order chi connectivity index (χ1) is 8.42. The summed E-state index contributed by atoms with van der Waals surface area (Å²) >= 11 is 0. The third-order valence-corrected chi connectivity index (χ3v) is 3.03. The van der Waals surface area contributed by atoms with Crippen LogP contribution in [0.4, 0.5) is 0 Å². The fourth-order valence-corrected chi connectivity index (χ4v) is 1.93. The Bertz CT molecular complexity index is 441. The zero-order valence-corrected chi connectivity index (χ0v) is 11.6. The lowest BCUT2D eigenvalue weighted by molar-refractivity contribution is -0.142. The molecule has 1 aromatic carbocycles. The van der Waals surface area contributed by atoms with Crippen LogP contribution in [0.5, 0.6) is 5.75 Å². The van der Waals surface area contributed by atoms with E-state index in [1.165, 1.54) is 7.11 Å². The first kappa shape index (κ1) is 14.5. The molecule has 0 aliphatic rings. The Kier molecular flexibility index (Phi) is 4.73. The van der Waals surface area contributed by atoms with E-state index in [2.05, 4.69) is 18.6 Å². The van der Waals surface area contributed by atoms with Crippen LogP contribution >= 0.6 is 0 Å². The molecule has 0 aliphatic carbocycles. The molecule has 1 unspecified atom stereocenters.